The number of nitrogens with zero attached hydrogens (tertiary/aromatic N) is 3. The Morgan fingerprint density at radius 3 is 0.752 bits per heavy atom. The van der Waals surface area contributed by atoms with Gasteiger partial charge in [0.05, 0.1) is 0 Å². The van der Waals surface area contributed by atoms with Gasteiger partial charge < -0.3 is 9.80 Å². The van der Waals surface area contributed by atoms with Crippen LogP contribution in [0.15, 0.2) is 249 Å². The molecule has 3 nitrogen and oxygen atoms in total. The molecule has 0 bridgehead atoms. The van der Waals surface area contributed by atoms with Crippen molar-refractivity contribution in [3.05, 3.63) is 350 Å². The average Bonchev–Trinajstić information content (AvgIpc) is 0.891. The summed E-state index contributed by atoms with van der Waals surface area (Å²) in [7, 11) is 4.06. The van der Waals surface area contributed by atoms with Crippen LogP contribution < -0.4 is 0 Å². The van der Waals surface area contributed by atoms with E-state index in [-0.39, 0.29) is 26.1 Å². The van der Waals surface area contributed by atoms with Crippen LogP contribution in [0.3, 0.4) is 0 Å². The van der Waals surface area contributed by atoms with Crippen molar-refractivity contribution in [2.45, 2.75) is 227 Å². The lowest BCUT2D eigenvalue weighted by Gasteiger charge is -2.28. The first-order valence-corrected chi connectivity index (χ1v) is 39.3. The van der Waals surface area contributed by atoms with E-state index in [0.717, 1.165) is 23.5 Å². The molecule has 596 valence electrons. The molecule has 14 rings (SSSR count). The maximum Gasteiger partial charge on any atom is 0.250 e. The molecule has 109 heavy (non-hydrogen) atoms. The minimum atomic E-state index is -2.38. The van der Waals surface area contributed by atoms with Crippen molar-refractivity contribution in [2.75, 3.05) is 40.3 Å². The number of aryl methyl sites for hydroxylation is 15. The van der Waals surface area contributed by atoms with E-state index >= 15 is 0 Å². The van der Waals surface area contributed by atoms with E-state index in [1.54, 1.807) is 19.2 Å². The molecule has 0 radical (unpaired) electrons. The summed E-state index contributed by atoms with van der Waals surface area (Å²) >= 11 is 0. The quantitative estimate of drug-likeness (QED) is 0.141. The summed E-state index contributed by atoms with van der Waals surface area (Å²) in [6.07, 6.45) is 22.8. The minimum Gasteiger partial charge on any atom is -0.306 e. The number of hydrogen-bond donors (Lipinski definition) is 0. The standard InChI is InChI=1S/5C8H10.C7H6F2.C7H7F.2C7H14.2C7H8.C6H11F2N.C6H7N.C6H13N.CH4/c4*1-7-3-5-8(2)6-4-7;1-7-5-3-4-6-8(7)2;1-5-2-6(8)4-7(9)3-5;1-6-3-2-4-7(8)5-6;4*1-7-5-3-2-4-6-7;1-9-4-2-6(7,8)3-5-9;1-6-3-2-4-7-5-6;1-7-5-3-2-4-6-7;/h5*3-6H,1-2H3;2-4H,1H3;2-5H,1H3;2*7H,2-6H2,1H3;2*2-6H,1H3;2-5H2,1H3;2-5H,1H3;2-6H2,1H3;1H4. The van der Waals surface area contributed by atoms with Crippen LogP contribution >= 0.6 is 0 Å². The van der Waals surface area contributed by atoms with Gasteiger partial charge in [0.2, 0.25) is 0 Å². The molecule has 2 saturated heterocycles. The fourth-order valence-corrected chi connectivity index (χ4v) is 10.6. The number of likely N-dealkylation sites (tertiary alicyclic amines) is 2. The van der Waals surface area contributed by atoms with E-state index in [4.69, 9.17) is 0 Å². The SMILES string of the molecule is C.CC1CCCCC1.CC1CCCCC1.CN1CCC(F)(F)CC1.CN1CCCCC1.Cc1cc(F)cc(F)c1.Cc1ccc(C)cc1.Cc1ccc(C)cc1.Cc1ccc(C)cc1.Cc1ccc(C)cc1.Cc1cccc(F)c1.Cc1ccccc1.Cc1ccccc1.Cc1ccccc1C.Cc1cccnc1. The highest BCUT2D eigenvalue weighted by molar-refractivity contribution is 5.25. The molecule has 0 amide bonds. The van der Waals surface area contributed by atoms with Crippen molar-refractivity contribution in [1.82, 2.24) is 14.8 Å². The summed E-state index contributed by atoms with van der Waals surface area (Å²) in [6, 6.07) is 76.7. The molecular formula is C101H142F5N3. The molecule has 4 aliphatic rings. The first-order valence-electron chi connectivity index (χ1n) is 39.3. The highest BCUT2D eigenvalue weighted by Gasteiger charge is 2.32. The predicted octanol–water partition coefficient (Wildman–Crippen LogP) is 29.6. The van der Waals surface area contributed by atoms with E-state index in [1.165, 1.54) is 193 Å². The van der Waals surface area contributed by atoms with Gasteiger partial charge in [-0.1, -0.05) is 348 Å². The Labute approximate surface area is 662 Å². The summed E-state index contributed by atoms with van der Waals surface area (Å²) in [5.74, 6) is -1.51. The Morgan fingerprint density at radius 1 is 0.284 bits per heavy atom. The third kappa shape index (κ3) is 61.2. The van der Waals surface area contributed by atoms with Crippen molar-refractivity contribution >= 4 is 0 Å². The topological polar surface area (TPSA) is 19.4 Å². The molecule has 4 fully saturated rings. The number of benzene rings is 9. The van der Waals surface area contributed by atoms with Crippen LogP contribution in [0.5, 0.6) is 0 Å². The van der Waals surface area contributed by atoms with E-state index in [0.29, 0.717) is 18.7 Å². The van der Waals surface area contributed by atoms with E-state index in [9.17, 15) is 22.0 Å². The molecule has 9 aromatic carbocycles. The number of hydrogen-bond acceptors (Lipinski definition) is 3. The second kappa shape index (κ2) is 62.5. The highest BCUT2D eigenvalue weighted by atomic mass is 19.3. The summed E-state index contributed by atoms with van der Waals surface area (Å²) in [6.45, 7) is 39.1. The normalized spacial score (nSPS) is 13.8. The Morgan fingerprint density at radius 2 is 0.560 bits per heavy atom. The lowest BCUT2D eigenvalue weighted by molar-refractivity contribution is -0.0504. The van der Waals surface area contributed by atoms with Crippen LogP contribution in [0.4, 0.5) is 22.0 Å². The second-order valence-electron chi connectivity index (χ2n) is 29.8. The summed E-state index contributed by atoms with van der Waals surface area (Å²) in [5.41, 5.74) is 18.8. The number of aromatic nitrogens is 1. The zero-order valence-electron chi connectivity index (χ0n) is 70.0. The lowest BCUT2D eigenvalue weighted by Crippen LogP contribution is -2.36. The van der Waals surface area contributed by atoms with Crippen molar-refractivity contribution < 1.29 is 22.0 Å². The molecule has 0 atom stereocenters. The van der Waals surface area contributed by atoms with Crippen LogP contribution in [0.25, 0.3) is 0 Å². The third-order valence-electron chi connectivity index (χ3n) is 18.1. The van der Waals surface area contributed by atoms with Crippen molar-refractivity contribution in [2.24, 2.45) is 11.8 Å². The van der Waals surface area contributed by atoms with Gasteiger partial charge in [-0.3, -0.25) is 4.98 Å². The molecule has 0 unspecified atom stereocenters. The van der Waals surface area contributed by atoms with Crippen LogP contribution in [0.2, 0.25) is 0 Å². The molecule has 2 saturated carbocycles. The average molecular weight is 1490 g/mol. The summed E-state index contributed by atoms with van der Waals surface area (Å²) < 4.78 is 61.2. The summed E-state index contributed by atoms with van der Waals surface area (Å²) in [5, 5.41) is 0. The molecule has 10 aromatic rings. The zero-order chi connectivity index (χ0) is 80.3. The molecule has 8 heteroatoms. The zero-order valence-corrected chi connectivity index (χ0v) is 70.0. The summed E-state index contributed by atoms with van der Waals surface area (Å²) in [4.78, 5) is 8.20. The lowest BCUT2D eigenvalue weighted by atomic mass is 9.91. The Bertz CT molecular complexity index is 3230. The second-order valence-corrected chi connectivity index (χ2v) is 29.8. The van der Waals surface area contributed by atoms with Crippen molar-refractivity contribution in [3.63, 3.8) is 0 Å². The van der Waals surface area contributed by atoms with Gasteiger partial charge in [-0.05, 0) is 214 Å². The van der Waals surface area contributed by atoms with Gasteiger partial charge in [0, 0.05) is 44.4 Å². The van der Waals surface area contributed by atoms with Crippen LogP contribution in [0, 0.1) is 133 Å². The molecule has 2 aliphatic carbocycles. The van der Waals surface area contributed by atoms with Gasteiger partial charge in [-0.15, -0.1) is 0 Å². The molecule has 3 heterocycles. The van der Waals surface area contributed by atoms with Crippen LogP contribution in [0.1, 0.15) is 201 Å². The van der Waals surface area contributed by atoms with E-state index < -0.39 is 17.6 Å². The molecular weight excluding hydrogens is 1350 g/mol. The number of rotatable bonds is 0. The highest BCUT2D eigenvalue weighted by Crippen LogP contribution is 2.27. The van der Waals surface area contributed by atoms with Crippen LogP contribution in [-0.4, -0.2) is 61.0 Å². The van der Waals surface area contributed by atoms with Crippen molar-refractivity contribution in [1.29, 1.82) is 0 Å². The molecule has 1 aromatic heterocycles. The number of piperidine rings is 2. The Hall–Kier alpha value is -8.30. The monoisotopic (exact) mass is 1490 g/mol. The molecule has 2 aliphatic heterocycles. The minimum absolute atomic E-state index is 0. The van der Waals surface area contributed by atoms with Crippen LogP contribution in [-0.2, 0) is 0 Å². The predicted molar refractivity (Wildman–Crippen MR) is 467 cm³/mol. The number of halogens is 5. The third-order valence-corrected chi connectivity index (χ3v) is 18.1. The smallest absolute Gasteiger partial charge is 0.250 e. The number of alkyl halides is 2. The fraction of sp³-hybridized carbons (Fsp3) is 0.416. The van der Waals surface area contributed by atoms with E-state index in [1.807, 2.05) is 86.6 Å². The Kier molecular flexibility index (Phi) is 57.7. The Balaban J connectivity index is 0.00000115. The maximum absolute atomic E-state index is 12.4. The maximum atomic E-state index is 12.4. The van der Waals surface area contributed by atoms with Gasteiger partial charge >= 0.3 is 0 Å². The van der Waals surface area contributed by atoms with Gasteiger partial charge in [0.25, 0.3) is 5.92 Å². The van der Waals surface area contributed by atoms with Gasteiger partial charge in [0.15, 0.2) is 0 Å². The fourth-order valence-electron chi connectivity index (χ4n) is 10.6. The largest absolute Gasteiger partial charge is 0.306 e. The van der Waals surface area contributed by atoms with Gasteiger partial charge in [-0.2, -0.15) is 0 Å². The van der Waals surface area contributed by atoms with Crippen molar-refractivity contribution in [3.8, 4) is 0 Å². The van der Waals surface area contributed by atoms with Gasteiger partial charge in [-0.25, -0.2) is 22.0 Å². The first kappa shape index (κ1) is 101. The molecule has 0 spiro atoms. The van der Waals surface area contributed by atoms with E-state index in [2.05, 4.69) is 259 Å². The molecule has 0 N–H and O–H groups in total. The first-order chi connectivity index (χ1) is 51.4. The number of pyridine rings is 1. The van der Waals surface area contributed by atoms with Gasteiger partial charge in [0.1, 0.15) is 17.5 Å².